The second-order valence-electron chi connectivity index (χ2n) is 13.6. The first-order chi connectivity index (χ1) is 25.8. The monoisotopic (exact) mass is 664 g/mol. The number of benzene rings is 8. The van der Waals surface area contributed by atoms with Gasteiger partial charge >= 0.3 is 0 Å². The van der Waals surface area contributed by atoms with Gasteiger partial charge in [0.05, 0.1) is 11.0 Å². The van der Waals surface area contributed by atoms with Crippen LogP contribution in [0.5, 0.6) is 0 Å². The smallest absolute Gasteiger partial charge is 0.0542 e. The molecule has 0 atom stereocenters. The number of fused-ring (bicyclic) bond motifs is 5. The van der Waals surface area contributed by atoms with Gasteiger partial charge in [0, 0.05) is 33.5 Å². The van der Waals surface area contributed by atoms with Crippen LogP contribution in [0.1, 0.15) is 12.8 Å². The Morgan fingerprint density at radius 1 is 0.385 bits per heavy atom. The Hall–Kier alpha value is -6.64. The van der Waals surface area contributed by atoms with Gasteiger partial charge in [-0.15, -0.1) is 0 Å². The first-order valence-corrected chi connectivity index (χ1v) is 18.2. The second kappa shape index (κ2) is 12.6. The van der Waals surface area contributed by atoms with Crippen molar-refractivity contribution in [3.05, 3.63) is 194 Å². The lowest BCUT2D eigenvalue weighted by Gasteiger charge is -2.27. The van der Waals surface area contributed by atoms with Crippen LogP contribution in [0.2, 0.25) is 0 Å². The zero-order valence-electron chi connectivity index (χ0n) is 28.8. The van der Waals surface area contributed by atoms with Crippen molar-refractivity contribution in [2.24, 2.45) is 0 Å². The number of para-hydroxylation sites is 2. The summed E-state index contributed by atoms with van der Waals surface area (Å²) in [4.78, 5) is 2.41. The Morgan fingerprint density at radius 3 is 1.56 bits per heavy atom. The third-order valence-corrected chi connectivity index (χ3v) is 10.6. The van der Waals surface area contributed by atoms with Crippen LogP contribution in [0, 0.1) is 0 Å². The van der Waals surface area contributed by atoms with Gasteiger partial charge in [-0.3, -0.25) is 0 Å². The molecular formula is C50H36N2. The number of rotatable bonds is 6. The fraction of sp³-hybridized carbons (Fsp3) is 0.0400. The summed E-state index contributed by atoms with van der Waals surface area (Å²) in [6, 6.07) is 64.2. The lowest BCUT2D eigenvalue weighted by molar-refractivity contribution is 1.02. The zero-order valence-corrected chi connectivity index (χ0v) is 28.8. The standard InChI is InChI=1S/C50H36N2/c1-5-17-35(18-6-1)49-42-26-13-14-27-43(42)50(36-19-7-2-8-20-36)46-34-39(29-31-44(46)49)51(37-21-9-3-10-22-37)40-30-32-48-45(33-40)41-25-15-16-28-47(41)52(48)38-23-11-4-12-24-38/h1-3,5-11,13-34H,4,12H2. The quantitative estimate of drug-likeness (QED) is 0.161. The van der Waals surface area contributed by atoms with E-state index in [1.807, 2.05) is 0 Å². The molecular weight excluding hydrogens is 629 g/mol. The average molecular weight is 665 g/mol. The van der Waals surface area contributed by atoms with Gasteiger partial charge in [-0.25, -0.2) is 0 Å². The predicted molar refractivity (Wildman–Crippen MR) is 223 cm³/mol. The molecule has 2 heteroatoms. The lowest BCUT2D eigenvalue weighted by Crippen LogP contribution is -2.10. The molecule has 9 aromatic rings. The minimum atomic E-state index is 1.06. The van der Waals surface area contributed by atoms with Crippen molar-refractivity contribution in [1.29, 1.82) is 0 Å². The molecule has 1 aromatic heterocycles. The molecule has 246 valence electrons. The van der Waals surface area contributed by atoms with Gasteiger partial charge in [0.2, 0.25) is 0 Å². The fourth-order valence-corrected chi connectivity index (χ4v) is 8.30. The normalized spacial score (nSPS) is 12.9. The molecule has 0 saturated carbocycles. The molecule has 0 aliphatic heterocycles. The largest absolute Gasteiger partial charge is 0.310 e. The van der Waals surface area contributed by atoms with Gasteiger partial charge < -0.3 is 9.47 Å². The average Bonchev–Trinajstić information content (AvgIpc) is 3.55. The molecule has 52 heavy (non-hydrogen) atoms. The highest BCUT2D eigenvalue weighted by molar-refractivity contribution is 6.22. The summed E-state index contributed by atoms with van der Waals surface area (Å²) in [7, 11) is 0. The first-order valence-electron chi connectivity index (χ1n) is 18.2. The van der Waals surface area contributed by atoms with Crippen LogP contribution in [-0.2, 0) is 0 Å². The summed E-state index contributed by atoms with van der Waals surface area (Å²) >= 11 is 0. The van der Waals surface area contributed by atoms with Gasteiger partial charge in [-0.1, -0.05) is 140 Å². The van der Waals surface area contributed by atoms with Crippen molar-refractivity contribution >= 4 is 66.1 Å². The highest BCUT2D eigenvalue weighted by Gasteiger charge is 2.21. The fourth-order valence-electron chi connectivity index (χ4n) is 8.30. The molecule has 0 radical (unpaired) electrons. The van der Waals surface area contributed by atoms with Gasteiger partial charge in [0.1, 0.15) is 0 Å². The van der Waals surface area contributed by atoms with Gasteiger partial charge in [0.15, 0.2) is 0 Å². The van der Waals surface area contributed by atoms with Crippen molar-refractivity contribution in [2.75, 3.05) is 4.90 Å². The van der Waals surface area contributed by atoms with Crippen LogP contribution in [-0.4, -0.2) is 4.57 Å². The van der Waals surface area contributed by atoms with E-state index in [1.54, 1.807) is 0 Å². The molecule has 0 fully saturated rings. The molecule has 0 N–H and O–H groups in total. The number of hydrogen-bond acceptors (Lipinski definition) is 1. The maximum Gasteiger partial charge on any atom is 0.0542 e. The second-order valence-corrected chi connectivity index (χ2v) is 13.6. The first kappa shape index (κ1) is 30.2. The van der Waals surface area contributed by atoms with E-state index in [9.17, 15) is 0 Å². The van der Waals surface area contributed by atoms with E-state index in [0.717, 1.165) is 29.9 Å². The van der Waals surface area contributed by atoms with E-state index < -0.39 is 0 Å². The van der Waals surface area contributed by atoms with Crippen LogP contribution in [0.25, 0.3) is 71.3 Å². The van der Waals surface area contributed by atoms with E-state index >= 15 is 0 Å². The Kier molecular flexibility index (Phi) is 7.32. The highest BCUT2D eigenvalue weighted by atomic mass is 15.1. The number of anilines is 3. The number of allylic oxidation sites excluding steroid dienone is 4. The van der Waals surface area contributed by atoms with Crippen molar-refractivity contribution in [1.82, 2.24) is 4.57 Å². The summed E-state index contributed by atoms with van der Waals surface area (Å²) < 4.78 is 2.43. The predicted octanol–water partition coefficient (Wildman–Crippen LogP) is 14.1. The van der Waals surface area contributed by atoms with Crippen molar-refractivity contribution in [3.8, 4) is 22.3 Å². The summed E-state index contributed by atoms with van der Waals surface area (Å²) in [5, 5.41) is 7.50. The minimum absolute atomic E-state index is 1.06. The molecule has 8 aromatic carbocycles. The van der Waals surface area contributed by atoms with Crippen molar-refractivity contribution in [2.45, 2.75) is 12.8 Å². The topological polar surface area (TPSA) is 8.17 Å². The summed E-state index contributed by atoms with van der Waals surface area (Å²) in [6.07, 6.45) is 9.08. The summed E-state index contributed by atoms with van der Waals surface area (Å²) in [6.45, 7) is 0. The summed E-state index contributed by atoms with van der Waals surface area (Å²) in [5.41, 5.74) is 12.0. The third-order valence-electron chi connectivity index (χ3n) is 10.6. The van der Waals surface area contributed by atoms with Crippen molar-refractivity contribution < 1.29 is 0 Å². The van der Waals surface area contributed by atoms with Crippen LogP contribution < -0.4 is 4.90 Å². The van der Waals surface area contributed by atoms with Gasteiger partial charge in [0.25, 0.3) is 0 Å². The number of hydrogen-bond donors (Lipinski definition) is 0. The SMILES string of the molecule is C1=CC(n2c3ccccc3c3cc(N(c4ccccc4)c4ccc5c(-c6ccccc6)c6ccccc6c(-c6ccccc6)c5c4)ccc32)=CCC1. The molecule has 10 rings (SSSR count). The maximum absolute atomic E-state index is 2.43. The molecule has 1 heterocycles. The molecule has 0 bridgehead atoms. The van der Waals surface area contributed by atoms with E-state index in [4.69, 9.17) is 0 Å². The molecule has 1 aliphatic rings. The molecule has 1 aliphatic carbocycles. The van der Waals surface area contributed by atoms with E-state index in [-0.39, 0.29) is 0 Å². The molecule has 0 unspecified atom stereocenters. The van der Waals surface area contributed by atoms with E-state index in [2.05, 4.69) is 204 Å². The third kappa shape index (κ3) is 4.95. The minimum Gasteiger partial charge on any atom is -0.310 e. The van der Waals surface area contributed by atoms with Crippen LogP contribution >= 0.6 is 0 Å². The number of aromatic nitrogens is 1. The molecule has 2 nitrogen and oxygen atoms in total. The zero-order chi connectivity index (χ0) is 34.4. The van der Waals surface area contributed by atoms with Gasteiger partial charge in [-0.2, -0.15) is 0 Å². The Morgan fingerprint density at radius 2 is 0.904 bits per heavy atom. The van der Waals surface area contributed by atoms with Crippen LogP contribution in [0.4, 0.5) is 17.1 Å². The van der Waals surface area contributed by atoms with Crippen LogP contribution in [0.15, 0.2) is 194 Å². The Bertz CT molecular complexity index is 2830. The highest BCUT2D eigenvalue weighted by Crippen LogP contribution is 2.47. The molecule has 0 amide bonds. The molecule has 0 spiro atoms. The lowest BCUT2D eigenvalue weighted by atomic mass is 9.85. The Labute approximate surface area is 303 Å². The maximum atomic E-state index is 2.43. The van der Waals surface area contributed by atoms with E-state index in [0.29, 0.717) is 0 Å². The van der Waals surface area contributed by atoms with E-state index in [1.165, 1.54) is 71.3 Å². The number of nitrogens with zero attached hydrogens (tertiary/aromatic N) is 2. The van der Waals surface area contributed by atoms with Crippen LogP contribution in [0.3, 0.4) is 0 Å². The molecule has 0 saturated heterocycles. The summed E-state index contributed by atoms with van der Waals surface area (Å²) in [5.74, 6) is 0. The van der Waals surface area contributed by atoms with Gasteiger partial charge in [-0.05, 0) is 111 Å². The van der Waals surface area contributed by atoms with Crippen molar-refractivity contribution in [3.63, 3.8) is 0 Å². The Balaban J connectivity index is 1.26.